The van der Waals surface area contributed by atoms with Gasteiger partial charge in [-0.25, -0.2) is 8.42 Å². The Kier molecular flexibility index (Phi) is 3.72. The van der Waals surface area contributed by atoms with Crippen LogP contribution in [0.4, 0.5) is 0 Å². The maximum Gasteiger partial charge on any atom is 0.268 e. The number of fused-ring (bicyclic) bond motifs is 1. The standard InChI is InChI=1S/C16H20N2O4S/c1-10-4-5-13-12(11(10)2)6-14(17-13)15(19)18-16(7-22-8-16)9-23(3,20)21/h4-6,17H,7-9H2,1-3H3,(H,18,19). The molecule has 0 saturated carbocycles. The smallest absolute Gasteiger partial charge is 0.268 e. The number of amides is 1. The number of ether oxygens (including phenoxy) is 1. The van der Waals surface area contributed by atoms with Crippen molar-refractivity contribution in [2.24, 2.45) is 0 Å². The van der Waals surface area contributed by atoms with Gasteiger partial charge in [0.25, 0.3) is 5.91 Å². The molecule has 1 saturated heterocycles. The minimum absolute atomic E-state index is 0.121. The summed E-state index contributed by atoms with van der Waals surface area (Å²) in [6, 6.07) is 5.74. The third kappa shape index (κ3) is 3.11. The Morgan fingerprint density at radius 3 is 2.61 bits per heavy atom. The van der Waals surface area contributed by atoms with Crippen LogP contribution in [0.2, 0.25) is 0 Å². The number of aromatic nitrogens is 1. The summed E-state index contributed by atoms with van der Waals surface area (Å²) >= 11 is 0. The van der Waals surface area contributed by atoms with E-state index in [0.29, 0.717) is 5.69 Å². The number of nitrogens with one attached hydrogen (secondary N) is 2. The van der Waals surface area contributed by atoms with Crippen molar-refractivity contribution in [3.63, 3.8) is 0 Å². The van der Waals surface area contributed by atoms with E-state index in [-0.39, 0.29) is 24.9 Å². The number of rotatable bonds is 4. The molecule has 2 aromatic rings. The van der Waals surface area contributed by atoms with E-state index in [2.05, 4.69) is 10.3 Å². The van der Waals surface area contributed by atoms with Crippen molar-refractivity contribution in [3.8, 4) is 0 Å². The Labute approximate surface area is 135 Å². The molecule has 0 radical (unpaired) electrons. The Bertz CT molecular complexity index is 879. The second-order valence-corrected chi connectivity index (χ2v) is 8.59. The van der Waals surface area contributed by atoms with Gasteiger partial charge in [-0.15, -0.1) is 0 Å². The highest BCUT2D eigenvalue weighted by molar-refractivity contribution is 7.90. The molecule has 0 unspecified atom stereocenters. The van der Waals surface area contributed by atoms with Gasteiger partial charge in [-0.3, -0.25) is 4.79 Å². The number of benzene rings is 1. The van der Waals surface area contributed by atoms with Gasteiger partial charge in [0.2, 0.25) is 0 Å². The van der Waals surface area contributed by atoms with Gasteiger partial charge >= 0.3 is 0 Å². The van der Waals surface area contributed by atoms with Crippen LogP contribution in [0, 0.1) is 13.8 Å². The molecular formula is C16H20N2O4S. The molecule has 2 heterocycles. The molecule has 6 nitrogen and oxygen atoms in total. The average molecular weight is 336 g/mol. The molecule has 23 heavy (non-hydrogen) atoms. The lowest BCUT2D eigenvalue weighted by Crippen LogP contribution is -2.65. The lowest BCUT2D eigenvalue weighted by atomic mass is 10.00. The monoisotopic (exact) mass is 336 g/mol. The van der Waals surface area contributed by atoms with Gasteiger partial charge in [0.15, 0.2) is 0 Å². The maximum absolute atomic E-state index is 12.5. The zero-order valence-electron chi connectivity index (χ0n) is 13.4. The molecule has 0 aliphatic carbocycles. The predicted molar refractivity (Wildman–Crippen MR) is 88.5 cm³/mol. The number of carbonyl (C=O) groups is 1. The molecule has 3 rings (SSSR count). The Hall–Kier alpha value is -1.86. The van der Waals surface area contributed by atoms with Gasteiger partial charge in [-0.1, -0.05) is 6.07 Å². The Morgan fingerprint density at radius 1 is 1.35 bits per heavy atom. The maximum atomic E-state index is 12.5. The summed E-state index contributed by atoms with van der Waals surface area (Å²) in [6.07, 6.45) is 1.16. The van der Waals surface area contributed by atoms with Crippen molar-refractivity contribution in [1.29, 1.82) is 0 Å². The molecule has 1 aromatic heterocycles. The van der Waals surface area contributed by atoms with E-state index in [1.54, 1.807) is 6.07 Å². The zero-order chi connectivity index (χ0) is 16.8. The first-order valence-corrected chi connectivity index (χ1v) is 9.42. The first kappa shape index (κ1) is 16.0. The van der Waals surface area contributed by atoms with E-state index in [1.807, 2.05) is 26.0 Å². The number of aromatic amines is 1. The van der Waals surface area contributed by atoms with Crippen LogP contribution in [0.3, 0.4) is 0 Å². The molecule has 2 N–H and O–H groups in total. The van der Waals surface area contributed by atoms with E-state index in [1.165, 1.54) is 0 Å². The lowest BCUT2D eigenvalue weighted by Gasteiger charge is -2.41. The number of H-pyrrole nitrogens is 1. The minimum atomic E-state index is -3.21. The molecule has 1 aliphatic rings. The third-order valence-electron chi connectivity index (χ3n) is 4.26. The number of aryl methyl sites for hydroxylation is 2. The average Bonchev–Trinajstić information content (AvgIpc) is 2.84. The SMILES string of the molecule is Cc1ccc2[nH]c(C(=O)NC3(CS(C)(=O)=O)COC3)cc2c1C. The number of carbonyl (C=O) groups excluding carboxylic acids is 1. The summed E-state index contributed by atoms with van der Waals surface area (Å²) in [6.45, 7) is 4.46. The Morgan fingerprint density at radius 2 is 2.04 bits per heavy atom. The number of sulfone groups is 1. The highest BCUT2D eigenvalue weighted by atomic mass is 32.2. The van der Waals surface area contributed by atoms with Gasteiger partial charge < -0.3 is 15.0 Å². The van der Waals surface area contributed by atoms with Crippen LogP contribution in [-0.4, -0.2) is 50.1 Å². The second kappa shape index (κ2) is 5.35. The highest BCUT2D eigenvalue weighted by Crippen LogP contribution is 2.24. The molecule has 1 aliphatic heterocycles. The molecule has 0 atom stereocenters. The van der Waals surface area contributed by atoms with E-state index >= 15 is 0 Å². The van der Waals surface area contributed by atoms with Gasteiger partial charge in [-0.2, -0.15) is 0 Å². The zero-order valence-corrected chi connectivity index (χ0v) is 14.2. The van der Waals surface area contributed by atoms with Gasteiger partial charge in [0.05, 0.1) is 19.0 Å². The van der Waals surface area contributed by atoms with E-state index in [4.69, 9.17) is 4.74 Å². The quantitative estimate of drug-likeness (QED) is 0.881. The predicted octanol–water partition coefficient (Wildman–Crippen LogP) is 1.33. The molecule has 1 fully saturated rings. The minimum Gasteiger partial charge on any atom is -0.376 e. The lowest BCUT2D eigenvalue weighted by molar-refractivity contribution is -0.0574. The van der Waals surface area contributed by atoms with Crippen molar-refractivity contribution in [2.45, 2.75) is 19.4 Å². The normalized spacial score (nSPS) is 17.0. The summed E-state index contributed by atoms with van der Waals surface area (Å²) in [7, 11) is -3.21. The summed E-state index contributed by atoms with van der Waals surface area (Å²) in [5.41, 5.74) is 2.76. The molecular weight excluding hydrogens is 316 g/mol. The fourth-order valence-corrected chi connectivity index (χ4v) is 4.17. The highest BCUT2D eigenvalue weighted by Gasteiger charge is 2.43. The van der Waals surface area contributed by atoms with Crippen molar-refractivity contribution >= 4 is 26.6 Å². The van der Waals surface area contributed by atoms with Crippen LogP contribution in [0.25, 0.3) is 10.9 Å². The second-order valence-electron chi connectivity index (χ2n) is 6.45. The van der Waals surface area contributed by atoms with E-state index in [0.717, 1.165) is 28.3 Å². The molecule has 124 valence electrons. The van der Waals surface area contributed by atoms with Crippen LogP contribution < -0.4 is 5.32 Å². The summed E-state index contributed by atoms with van der Waals surface area (Å²) < 4.78 is 28.3. The summed E-state index contributed by atoms with van der Waals surface area (Å²) in [5, 5.41) is 3.82. The largest absolute Gasteiger partial charge is 0.376 e. The van der Waals surface area contributed by atoms with Crippen molar-refractivity contribution < 1.29 is 17.9 Å². The van der Waals surface area contributed by atoms with Gasteiger partial charge in [0, 0.05) is 17.2 Å². The molecule has 1 aromatic carbocycles. The molecule has 7 heteroatoms. The first-order valence-electron chi connectivity index (χ1n) is 7.36. The van der Waals surface area contributed by atoms with E-state index < -0.39 is 15.4 Å². The van der Waals surface area contributed by atoms with Gasteiger partial charge in [-0.05, 0) is 37.1 Å². The van der Waals surface area contributed by atoms with Crippen LogP contribution in [-0.2, 0) is 14.6 Å². The fourth-order valence-electron chi connectivity index (χ4n) is 2.93. The first-order chi connectivity index (χ1) is 10.7. The van der Waals surface area contributed by atoms with E-state index in [9.17, 15) is 13.2 Å². The molecule has 0 spiro atoms. The van der Waals surface area contributed by atoms with Gasteiger partial charge in [0.1, 0.15) is 21.1 Å². The van der Waals surface area contributed by atoms with Crippen LogP contribution in [0.15, 0.2) is 18.2 Å². The summed E-state index contributed by atoms with van der Waals surface area (Å²) in [4.78, 5) is 15.6. The third-order valence-corrected chi connectivity index (χ3v) is 5.34. The Balaban J connectivity index is 1.87. The van der Waals surface area contributed by atoms with Crippen molar-refractivity contribution in [2.75, 3.05) is 25.2 Å². The fraction of sp³-hybridized carbons (Fsp3) is 0.438. The summed E-state index contributed by atoms with van der Waals surface area (Å²) in [5.74, 6) is -0.436. The number of hydrogen-bond donors (Lipinski definition) is 2. The molecule has 0 bridgehead atoms. The van der Waals surface area contributed by atoms with Crippen LogP contribution in [0.1, 0.15) is 21.6 Å². The van der Waals surface area contributed by atoms with Crippen molar-refractivity contribution in [1.82, 2.24) is 10.3 Å². The van der Waals surface area contributed by atoms with Crippen molar-refractivity contribution in [3.05, 3.63) is 35.0 Å². The number of hydrogen-bond acceptors (Lipinski definition) is 4. The molecule has 1 amide bonds. The van der Waals surface area contributed by atoms with Crippen LogP contribution >= 0.6 is 0 Å². The van der Waals surface area contributed by atoms with Crippen LogP contribution in [0.5, 0.6) is 0 Å². The topological polar surface area (TPSA) is 88.3 Å².